The van der Waals surface area contributed by atoms with Crippen molar-refractivity contribution in [1.82, 2.24) is 0 Å². The molecule has 9 nitrogen and oxygen atoms in total. The van der Waals surface area contributed by atoms with E-state index in [4.69, 9.17) is 4.74 Å². The van der Waals surface area contributed by atoms with Crippen LogP contribution in [0, 0.1) is 16.0 Å². The van der Waals surface area contributed by atoms with Crippen LogP contribution >= 0.6 is 0 Å². The van der Waals surface area contributed by atoms with Crippen molar-refractivity contribution in [1.29, 1.82) is 0 Å². The second-order valence-electron chi connectivity index (χ2n) is 6.78. The number of imide groups is 1. The first-order valence-corrected chi connectivity index (χ1v) is 8.73. The topological polar surface area (TPSA) is 119 Å². The largest absolute Gasteiger partial charge is 0.467 e. The molecule has 0 radical (unpaired) electrons. The highest BCUT2D eigenvalue weighted by Gasteiger charge is 2.30. The lowest BCUT2D eigenvalue weighted by Gasteiger charge is -2.25. The Hall–Kier alpha value is -2.97. The van der Waals surface area contributed by atoms with Crippen LogP contribution in [0.5, 0.6) is 0 Å². The number of ether oxygens (including phenoxy) is 1. The van der Waals surface area contributed by atoms with Gasteiger partial charge in [-0.1, -0.05) is 13.8 Å². The number of anilines is 2. The Kier molecular flexibility index (Phi) is 6.49. The summed E-state index contributed by atoms with van der Waals surface area (Å²) in [5.41, 5.74) is -0.0477. The first-order chi connectivity index (χ1) is 12.7. The van der Waals surface area contributed by atoms with Crippen LogP contribution in [0.3, 0.4) is 0 Å². The van der Waals surface area contributed by atoms with Gasteiger partial charge in [-0.3, -0.25) is 24.6 Å². The number of piperidine rings is 1. The van der Waals surface area contributed by atoms with Gasteiger partial charge in [0.25, 0.3) is 5.69 Å². The summed E-state index contributed by atoms with van der Waals surface area (Å²) in [6, 6.07) is 3.28. The van der Waals surface area contributed by atoms with Crippen molar-refractivity contribution in [2.75, 3.05) is 17.3 Å². The van der Waals surface area contributed by atoms with Crippen LogP contribution in [-0.2, 0) is 19.1 Å². The van der Waals surface area contributed by atoms with E-state index in [0.717, 1.165) is 4.90 Å². The predicted molar refractivity (Wildman–Crippen MR) is 98.3 cm³/mol. The summed E-state index contributed by atoms with van der Waals surface area (Å²) in [6.07, 6.45) is 1.34. The van der Waals surface area contributed by atoms with Crippen molar-refractivity contribution in [2.24, 2.45) is 5.92 Å². The molecule has 0 bridgehead atoms. The Labute approximate surface area is 156 Å². The molecule has 1 aromatic rings. The lowest BCUT2D eigenvalue weighted by molar-refractivity contribution is -0.383. The average Bonchev–Trinajstić information content (AvgIpc) is 2.60. The zero-order valence-corrected chi connectivity index (χ0v) is 15.6. The van der Waals surface area contributed by atoms with Crippen LogP contribution in [0.2, 0.25) is 0 Å². The molecular formula is C18H23N3O6. The first-order valence-electron chi connectivity index (χ1n) is 8.73. The minimum Gasteiger partial charge on any atom is -0.467 e. The maximum absolute atomic E-state index is 12.1. The molecular weight excluding hydrogens is 354 g/mol. The van der Waals surface area contributed by atoms with Gasteiger partial charge in [0.1, 0.15) is 11.7 Å². The summed E-state index contributed by atoms with van der Waals surface area (Å²) in [6.45, 7) is 3.84. The number of carbonyl (C=O) groups excluding carboxylic acids is 3. The van der Waals surface area contributed by atoms with Crippen molar-refractivity contribution < 1.29 is 24.0 Å². The molecule has 146 valence electrons. The Balaban J connectivity index is 2.37. The lowest BCUT2D eigenvalue weighted by atomic mass is 10.0. The number of nitro benzene ring substituents is 1. The van der Waals surface area contributed by atoms with Gasteiger partial charge in [0, 0.05) is 18.9 Å². The highest BCUT2D eigenvalue weighted by Crippen LogP contribution is 2.32. The summed E-state index contributed by atoms with van der Waals surface area (Å²) >= 11 is 0. The Bertz CT molecular complexity index is 745. The van der Waals surface area contributed by atoms with Gasteiger partial charge in [-0.25, -0.2) is 4.79 Å². The summed E-state index contributed by atoms with van der Waals surface area (Å²) in [4.78, 5) is 48.0. The van der Waals surface area contributed by atoms with E-state index >= 15 is 0 Å². The summed E-state index contributed by atoms with van der Waals surface area (Å²) < 4.78 is 4.76. The fourth-order valence-corrected chi connectivity index (χ4v) is 2.99. The van der Waals surface area contributed by atoms with Gasteiger partial charge < -0.3 is 10.1 Å². The number of hydrogen-bond acceptors (Lipinski definition) is 7. The fraction of sp³-hybridized carbons (Fsp3) is 0.500. The maximum atomic E-state index is 12.1. The van der Waals surface area contributed by atoms with Crippen LogP contribution in [0.4, 0.5) is 17.1 Å². The van der Waals surface area contributed by atoms with Gasteiger partial charge in [0.05, 0.1) is 17.7 Å². The molecule has 2 amide bonds. The quantitative estimate of drug-likeness (QED) is 0.336. The molecule has 1 unspecified atom stereocenters. The van der Waals surface area contributed by atoms with E-state index in [0.29, 0.717) is 12.8 Å². The smallest absolute Gasteiger partial charge is 0.328 e. The van der Waals surface area contributed by atoms with E-state index in [1.807, 2.05) is 13.8 Å². The van der Waals surface area contributed by atoms with E-state index in [9.17, 15) is 24.5 Å². The monoisotopic (exact) mass is 377 g/mol. The third-order valence-corrected chi connectivity index (χ3v) is 4.24. The standard InChI is InChI=1S/C18H23N3O6/c1-11(2)9-14(18(24)27-3)19-13-8-7-12(10-15(13)21(25)26)20-16(22)5-4-6-17(20)23/h7-8,10-11,14,19H,4-6,9H2,1-3H3. The predicted octanol–water partition coefficient (Wildman–Crippen LogP) is 2.64. The number of nitrogens with one attached hydrogen (secondary N) is 1. The summed E-state index contributed by atoms with van der Waals surface area (Å²) in [5.74, 6) is -1.13. The van der Waals surface area contributed by atoms with Gasteiger partial charge in [0.2, 0.25) is 11.8 Å². The molecule has 1 aliphatic heterocycles. The number of rotatable bonds is 7. The maximum Gasteiger partial charge on any atom is 0.328 e. The third-order valence-electron chi connectivity index (χ3n) is 4.24. The minimum atomic E-state index is -0.752. The van der Waals surface area contributed by atoms with Crippen molar-refractivity contribution in [3.63, 3.8) is 0 Å². The number of methoxy groups -OCH3 is 1. The number of nitrogens with zero attached hydrogens (tertiary/aromatic N) is 2. The second kappa shape index (κ2) is 8.61. The normalized spacial score (nSPS) is 15.6. The Morgan fingerprint density at radius 1 is 1.30 bits per heavy atom. The van der Waals surface area contributed by atoms with Gasteiger partial charge >= 0.3 is 5.97 Å². The van der Waals surface area contributed by atoms with E-state index in [2.05, 4.69) is 5.32 Å². The molecule has 1 saturated heterocycles. The van der Waals surface area contributed by atoms with Crippen molar-refractivity contribution in [3.05, 3.63) is 28.3 Å². The van der Waals surface area contributed by atoms with Gasteiger partial charge in [-0.15, -0.1) is 0 Å². The van der Waals surface area contributed by atoms with Crippen molar-refractivity contribution >= 4 is 34.8 Å². The number of carbonyl (C=O) groups is 3. The molecule has 2 rings (SSSR count). The first kappa shape index (κ1) is 20.3. The zero-order chi connectivity index (χ0) is 20.1. The van der Waals surface area contributed by atoms with Crippen molar-refractivity contribution in [2.45, 2.75) is 45.6 Å². The molecule has 1 aliphatic rings. The van der Waals surface area contributed by atoms with Gasteiger partial charge in [-0.05, 0) is 30.9 Å². The van der Waals surface area contributed by atoms with E-state index in [1.165, 1.54) is 25.3 Å². The average molecular weight is 377 g/mol. The molecule has 1 heterocycles. The van der Waals surface area contributed by atoms with Crippen LogP contribution in [0.1, 0.15) is 39.5 Å². The van der Waals surface area contributed by atoms with Crippen LogP contribution < -0.4 is 10.2 Å². The third kappa shape index (κ3) is 4.81. The number of amides is 2. The zero-order valence-electron chi connectivity index (χ0n) is 15.6. The highest BCUT2D eigenvalue weighted by atomic mass is 16.6. The van der Waals surface area contributed by atoms with Crippen LogP contribution in [0.25, 0.3) is 0 Å². The molecule has 1 N–H and O–H groups in total. The second-order valence-corrected chi connectivity index (χ2v) is 6.78. The molecule has 1 atom stereocenters. The SMILES string of the molecule is COC(=O)C(CC(C)C)Nc1ccc(N2C(=O)CCCC2=O)cc1[N+](=O)[O-]. The van der Waals surface area contributed by atoms with Crippen molar-refractivity contribution in [3.8, 4) is 0 Å². The fourth-order valence-electron chi connectivity index (χ4n) is 2.99. The molecule has 0 aromatic heterocycles. The van der Waals surface area contributed by atoms with E-state index in [1.54, 1.807) is 0 Å². The summed E-state index contributed by atoms with van der Waals surface area (Å²) in [7, 11) is 1.25. The Morgan fingerprint density at radius 3 is 2.44 bits per heavy atom. The number of esters is 1. The molecule has 9 heteroatoms. The number of hydrogen-bond donors (Lipinski definition) is 1. The van der Waals surface area contributed by atoms with Crippen LogP contribution in [-0.4, -0.2) is 35.9 Å². The molecule has 1 fully saturated rings. The molecule has 27 heavy (non-hydrogen) atoms. The van der Waals surface area contributed by atoms with E-state index < -0.39 is 16.9 Å². The molecule has 1 aromatic carbocycles. The van der Waals surface area contributed by atoms with Gasteiger partial charge in [0.15, 0.2) is 0 Å². The van der Waals surface area contributed by atoms with Gasteiger partial charge in [-0.2, -0.15) is 0 Å². The summed E-state index contributed by atoms with van der Waals surface area (Å²) in [5, 5.41) is 14.4. The van der Waals surface area contributed by atoms with E-state index in [-0.39, 0.29) is 47.6 Å². The van der Waals surface area contributed by atoms with Crippen LogP contribution in [0.15, 0.2) is 18.2 Å². The minimum absolute atomic E-state index is 0.122. The molecule has 0 aliphatic carbocycles. The molecule has 0 spiro atoms. The number of benzene rings is 1. The molecule has 0 saturated carbocycles. The number of nitro groups is 1. The highest BCUT2D eigenvalue weighted by molar-refractivity contribution is 6.16. The lowest BCUT2D eigenvalue weighted by Crippen LogP contribution is -2.40. The Morgan fingerprint density at radius 2 is 1.93 bits per heavy atom.